The van der Waals surface area contributed by atoms with Crippen molar-refractivity contribution in [1.82, 2.24) is 14.5 Å². The van der Waals surface area contributed by atoms with Gasteiger partial charge in [-0.3, -0.25) is 9.69 Å². The summed E-state index contributed by atoms with van der Waals surface area (Å²) >= 11 is 1.76. The smallest absolute Gasteiger partial charge is 0.325 e. The van der Waals surface area contributed by atoms with Crippen molar-refractivity contribution in [2.75, 3.05) is 25.0 Å². The van der Waals surface area contributed by atoms with Crippen LogP contribution in [0.5, 0.6) is 0 Å². The second-order valence-corrected chi connectivity index (χ2v) is 8.47. The largest absolute Gasteiger partial charge is 0.406 e. The second kappa shape index (κ2) is 8.57. The van der Waals surface area contributed by atoms with E-state index >= 15 is 0 Å². The maximum atomic E-state index is 12.9. The van der Waals surface area contributed by atoms with Crippen LogP contribution in [0.15, 0.2) is 41.6 Å². The molecule has 1 aliphatic heterocycles. The highest BCUT2D eigenvalue weighted by molar-refractivity contribution is 8.00. The number of carbonyl (C=O) groups excluding carboxylic acids is 1. The number of anilines is 1. The maximum absolute atomic E-state index is 12.9. The van der Waals surface area contributed by atoms with E-state index in [4.69, 9.17) is 0 Å². The highest BCUT2D eigenvalue weighted by atomic mass is 32.2. The lowest BCUT2D eigenvalue weighted by atomic mass is 10.2. The third-order valence-electron chi connectivity index (χ3n) is 4.51. The third-order valence-corrected chi connectivity index (χ3v) is 5.75. The van der Waals surface area contributed by atoms with E-state index in [0.29, 0.717) is 11.8 Å². The number of hydrogen-bond donors (Lipinski definition) is 0. The SMILES string of the molecule is CC1CCN(C(=O)CN(C)Cc2nccn2CC(F)(F)F)c2ccccc2S1. The summed E-state index contributed by atoms with van der Waals surface area (Å²) in [5.74, 6) is 0.214. The summed E-state index contributed by atoms with van der Waals surface area (Å²) in [6, 6.07) is 7.82. The molecule has 2 aromatic rings. The number of alkyl halides is 3. The fraction of sp³-hybridized carbons (Fsp3) is 0.474. The second-order valence-electron chi connectivity index (χ2n) is 6.99. The molecule has 152 valence electrons. The molecular formula is C19H23F3N4OS. The van der Waals surface area contributed by atoms with E-state index in [1.165, 1.54) is 12.4 Å². The molecule has 2 heterocycles. The Morgan fingerprint density at radius 1 is 1.36 bits per heavy atom. The fourth-order valence-corrected chi connectivity index (χ4v) is 4.30. The summed E-state index contributed by atoms with van der Waals surface area (Å²) in [6.45, 7) is 1.95. The van der Waals surface area contributed by atoms with Gasteiger partial charge in [-0.2, -0.15) is 13.2 Å². The van der Waals surface area contributed by atoms with Gasteiger partial charge in [-0.15, -0.1) is 11.8 Å². The number of aromatic nitrogens is 2. The molecule has 1 amide bonds. The van der Waals surface area contributed by atoms with E-state index in [0.717, 1.165) is 21.6 Å². The van der Waals surface area contributed by atoms with Gasteiger partial charge in [-0.05, 0) is 25.6 Å². The van der Waals surface area contributed by atoms with Crippen molar-refractivity contribution in [2.45, 2.75) is 42.8 Å². The van der Waals surface area contributed by atoms with Crippen LogP contribution in [0.3, 0.4) is 0 Å². The number of imidazole rings is 1. The maximum Gasteiger partial charge on any atom is 0.406 e. The van der Waals surface area contributed by atoms with E-state index in [1.807, 2.05) is 24.3 Å². The summed E-state index contributed by atoms with van der Waals surface area (Å²) in [6.07, 6.45) is -0.777. The first-order valence-electron chi connectivity index (χ1n) is 9.04. The number of carbonyl (C=O) groups is 1. The lowest BCUT2D eigenvalue weighted by Crippen LogP contribution is -2.40. The summed E-state index contributed by atoms with van der Waals surface area (Å²) in [5, 5.41) is 0.409. The Labute approximate surface area is 166 Å². The Morgan fingerprint density at radius 3 is 2.86 bits per heavy atom. The summed E-state index contributed by atoms with van der Waals surface area (Å²) in [7, 11) is 1.71. The fourth-order valence-electron chi connectivity index (χ4n) is 3.19. The molecule has 0 N–H and O–H groups in total. The Kier molecular flexibility index (Phi) is 6.34. The predicted molar refractivity (Wildman–Crippen MR) is 103 cm³/mol. The number of amides is 1. The van der Waals surface area contributed by atoms with Crippen LogP contribution in [0.2, 0.25) is 0 Å². The van der Waals surface area contributed by atoms with E-state index in [9.17, 15) is 18.0 Å². The Balaban J connectivity index is 1.68. The van der Waals surface area contributed by atoms with Gasteiger partial charge in [-0.1, -0.05) is 19.1 Å². The molecule has 0 bridgehead atoms. The molecule has 3 rings (SSSR count). The first-order valence-corrected chi connectivity index (χ1v) is 9.92. The number of hydrogen-bond acceptors (Lipinski definition) is 4. The highest BCUT2D eigenvalue weighted by Gasteiger charge is 2.29. The lowest BCUT2D eigenvalue weighted by molar-refractivity contribution is -0.141. The van der Waals surface area contributed by atoms with Gasteiger partial charge in [0.15, 0.2) is 0 Å². The van der Waals surface area contributed by atoms with Gasteiger partial charge >= 0.3 is 6.18 Å². The predicted octanol–water partition coefficient (Wildman–Crippen LogP) is 3.79. The first-order chi connectivity index (χ1) is 13.2. The Hall–Kier alpha value is -2.00. The molecule has 5 nitrogen and oxygen atoms in total. The zero-order valence-corrected chi connectivity index (χ0v) is 16.6. The Bertz CT molecular complexity index is 824. The minimum atomic E-state index is -4.31. The normalized spacial score (nSPS) is 17.5. The molecule has 0 fully saturated rings. The average Bonchev–Trinajstić information content (AvgIpc) is 2.92. The van der Waals surface area contributed by atoms with E-state index in [2.05, 4.69) is 11.9 Å². The highest BCUT2D eigenvalue weighted by Crippen LogP contribution is 2.37. The van der Waals surface area contributed by atoms with Gasteiger partial charge in [0, 0.05) is 29.1 Å². The molecule has 0 spiro atoms. The molecule has 9 heteroatoms. The van der Waals surface area contributed by atoms with Crippen LogP contribution in [0, 0.1) is 0 Å². The van der Waals surface area contributed by atoms with Gasteiger partial charge in [0.2, 0.25) is 5.91 Å². The van der Waals surface area contributed by atoms with Crippen molar-refractivity contribution >= 4 is 23.4 Å². The van der Waals surface area contributed by atoms with Gasteiger partial charge in [0.05, 0.1) is 18.8 Å². The van der Waals surface area contributed by atoms with Crippen LogP contribution in [-0.2, 0) is 17.9 Å². The molecule has 1 aromatic carbocycles. The number of para-hydroxylation sites is 1. The minimum Gasteiger partial charge on any atom is -0.325 e. The van der Waals surface area contributed by atoms with Gasteiger partial charge in [0.25, 0.3) is 0 Å². The van der Waals surface area contributed by atoms with Crippen LogP contribution in [-0.4, -0.2) is 51.9 Å². The molecule has 1 unspecified atom stereocenters. The standard InChI is InChI=1S/C19H23F3N4OS/c1-14-7-9-26(15-5-3-4-6-16(15)28-14)18(27)12-24(2)11-17-23-8-10-25(17)13-19(20,21)22/h3-6,8,10,14H,7,9,11-13H2,1-2H3. The molecule has 28 heavy (non-hydrogen) atoms. The first kappa shape index (κ1) is 20.7. The van der Waals surface area contributed by atoms with Crippen molar-refractivity contribution in [1.29, 1.82) is 0 Å². The molecule has 0 saturated carbocycles. The van der Waals surface area contributed by atoms with E-state index < -0.39 is 12.7 Å². The number of rotatable bonds is 5. The molecule has 1 atom stereocenters. The van der Waals surface area contributed by atoms with E-state index in [-0.39, 0.29) is 24.8 Å². The minimum absolute atomic E-state index is 0.0708. The topological polar surface area (TPSA) is 41.4 Å². The monoisotopic (exact) mass is 412 g/mol. The van der Waals surface area contributed by atoms with Crippen LogP contribution in [0.4, 0.5) is 18.9 Å². The number of halogens is 3. The summed E-state index contributed by atoms with van der Waals surface area (Å²) in [4.78, 5) is 21.5. The number of thioether (sulfide) groups is 1. The number of fused-ring (bicyclic) bond motifs is 1. The van der Waals surface area contributed by atoms with Crippen molar-refractivity contribution < 1.29 is 18.0 Å². The Morgan fingerprint density at radius 2 is 2.11 bits per heavy atom. The third kappa shape index (κ3) is 5.29. The molecular weight excluding hydrogens is 389 g/mol. The molecule has 0 aliphatic carbocycles. The van der Waals surface area contributed by atoms with Crippen molar-refractivity contribution in [2.24, 2.45) is 0 Å². The van der Waals surface area contributed by atoms with Gasteiger partial charge in [-0.25, -0.2) is 4.98 Å². The van der Waals surface area contributed by atoms with Gasteiger partial charge < -0.3 is 9.47 Å². The van der Waals surface area contributed by atoms with Gasteiger partial charge in [0.1, 0.15) is 12.4 Å². The molecule has 1 aliphatic rings. The average molecular weight is 412 g/mol. The number of benzene rings is 1. The van der Waals surface area contributed by atoms with Crippen molar-refractivity contribution in [3.63, 3.8) is 0 Å². The summed E-state index contributed by atoms with van der Waals surface area (Å²) < 4.78 is 39.1. The van der Waals surface area contributed by atoms with Crippen LogP contribution >= 0.6 is 11.8 Å². The number of nitrogens with zero attached hydrogens (tertiary/aromatic N) is 4. The van der Waals surface area contributed by atoms with Crippen LogP contribution in [0.1, 0.15) is 19.2 Å². The molecule has 0 saturated heterocycles. The zero-order chi connectivity index (χ0) is 20.3. The quantitative estimate of drug-likeness (QED) is 0.749. The van der Waals surface area contributed by atoms with Crippen molar-refractivity contribution in [3.8, 4) is 0 Å². The molecule has 1 aromatic heterocycles. The van der Waals surface area contributed by atoms with Crippen LogP contribution < -0.4 is 4.90 Å². The van der Waals surface area contributed by atoms with Crippen LogP contribution in [0.25, 0.3) is 0 Å². The summed E-state index contributed by atoms with van der Waals surface area (Å²) in [5.41, 5.74) is 0.897. The van der Waals surface area contributed by atoms with Crippen molar-refractivity contribution in [3.05, 3.63) is 42.5 Å². The lowest BCUT2D eigenvalue weighted by Gasteiger charge is -2.25. The molecule has 0 radical (unpaired) electrons. The number of likely N-dealkylation sites (N-methyl/N-ethyl adjacent to an activating group) is 1. The zero-order valence-electron chi connectivity index (χ0n) is 15.8. The van der Waals surface area contributed by atoms with E-state index in [1.54, 1.807) is 28.6 Å².